The number of hydrogen-bond acceptors (Lipinski definition) is 2. The summed E-state index contributed by atoms with van der Waals surface area (Å²) >= 11 is 0. The normalized spacial score (nSPS) is 33.2. The minimum absolute atomic E-state index is 0.268. The van der Waals surface area contributed by atoms with Crippen LogP contribution in [0.3, 0.4) is 0 Å². The summed E-state index contributed by atoms with van der Waals surface area (Å²) in [6.07, 6.45) is 3.02. The lowest BCUT2D eigenvalue weighted by atomic mass is 9.92. The molecule has 0 amide bonds. The standard InChI is InChI=1S/C15H29FN2/c1-12(2)18-8-5-14(6-9-18)10-17-7-4-13(3)15(16)11-17/h12-15H,4-11H2,1-3H3/t13-,15-/m0/s1. The Hall–Kier alpha value is -0.150. The molecule has 2 fully saturated rings. The Morgan fingerprint density at radius 1 is 1.11 bits per heavy atom. The first-order valence-corrected chi connectivity index (χ1v) is 7.66. The monoisotopic (exact) mass is 256 g/mol. The summed E-state index contributed by atoms with van der Waals surface area (Å²) in [5, 5.41) is 0. The molecule has 2 aliphatic heterocycles. The summed E-state index contributed by atoms with van der Waals surface area (Å²) in [5.41, 5.74) is 0. The largest absolute Gasteiger partial charge is 0.301 e. The fraction of sp³-hybridized carbons (Fsp3) is 1.00. The summed E-state index contributed by atoms with van der Waals surface area (Å²) in [7, 11) is 0. The Balaban J connectivity index is 1.72. The second-order valence-electron chi connectivity index (χ2n) is 6.61. The van der Waals surface area contributed by atoms with E-state index in [1.165, 1.54) is 25.9 Å². The van der Waals surface area contributed by atoms with E-state index in [2.05, 4.69) is 23.6 Å². The zero-order chi connectivity index (χ0) is 13.1. The number of piperidine rings is 2. The number of rotatable bonds is 3. The van der Waals surface area contributed by atoms with Crippen LogP contribution in [-0.2, 0) is 0 Å². The van der Waals surface area contributed by atoms with Gasteiger partial charge in [-0.15, -0.1) is 0 Å². The molecular weight excluding hydrogens is 227 g/mol. The molecule has 0 aromatic heterocycles. The fourth-order valence-electron chi connectivity index (χ4n) is 3.27. The predicted molar refractivity (Wildman–Crippen MR) is 74.6 cm³/mol. The smallest absolute Gasteiger partial charge is 0.115 e. The number of hydrogen-bond donors (Lipinski definition) is 0. The molecule has 0 unspecified atom stereocenters. The van der Waals surface area contributed by atoms with Gasteiger partial charge in [-0.2, -0.15) is 0 Å². The molecule has 2 aliphatic rings. The third-order valence-electron chi connectivity index (χ3n) is 4.85. The van der Waals surface area contributed by atoms with Crippen molar-refractivity contribution in [3.05, 3.63) is 0 Å². The molecule has 18 heavy (non-hydrogen) atoms. The van der Waals surface area contributed by atoms with Gasteiger partial charge >= 0.3 is 0 Å². The molecule has 3 heteroatoms. The van der Waals surface area contributed by atoms with E-state index in [0.717, 1.165) is 25.4 Å². The average Bonchev–Trinajstić information content (AvgIpc) is 2.34. The number of likely N-dealkylation sites (tertiary alicyclic amines) is 2. The van der Waals surface area contributed by atoms with Gasteiger partial charge in [0.15, 0.2) is 0 Å². The van der Waals surface area contributed by atoms with Gasteiger partial charge < -0.3 is 9.80 Å². The summed E-state index contributed by atoms with van der Waals surface area (Å²) in [6, 6.07) is 0.678. The van der Waals surface area contributed by atoms with Crippen LogP contribution in [0, 0.1) is 11.8 Å². The van der Waals surface area contributed by atoms with Crippen molar-refractivity contribution < 1.29 is 4.39 Å². The van der Waals surface area contributed by atoms with E-state index < -0.39 is 6.17 Å². The van der Waals surface area contributed by atoms with E-state index >= 15 is 0 Å². The molecular formula is C15H29FN2. The molecule has 2 heterocycles. The molecule has 0 bridgehead atoms. The van der Waals surface area contributed by atoms with Crippen LogP contribution in [0.25, 0.3) is 0 Å². The molecule has 0 saturated carbocycles. The molecule has 0 aromatic rings. The molecule has 2 atom stereocenters. The highest BCUT2D eigenvalue weighted by atomic mass is 19.1. The number of nitrogens with zero attached hydrogens (tertiary/aromatic N) is 2. The lowest BCUT2D eigenvalue weighted by Crippen LogP contribution is -2.46. The molecule has 2 nitrogen and oxygen atoms in total. The van der Waals surface area contributed by atoms with E-state index in [1.807, 2.05) is 6.92 Å². The topological polar surface area (TPSA) is 6.48 Å². The zero-order valence-electron chi connectivity index (χ0n) is 12.2. The molecule has 2 saturated heterocycles. The predicted octanol–water partition coefficient (Wildman–Crippen LogP) is 2.79. The first kappa shape index (κ1) is 14.3. The summed E-state index contributed by atoms with van der Waals surface area (Å²) in [5.74, 6) is 1.06. The van der Waals surface area contributed by atoms with Crippen molar-refractivity contribution in [3.8, 4) is 0 Å². The van der Waals surface area contributed by atoms with Crippen LogP contribution < -0.4 is 0 Å². The molecule has 0 aliphatic carbocycles. The van der Waals surface area contributed by atoms with Gasteiger partial charge in [-0.25, -0.2) is 4.39 Å². The fourth-order valence-corrected chi connectivity index (χ4v) is 3.27. The highest BCUT2D eigenvalue weighted by Gasteiger charge is 2.28. The molecule has 0 N–H and O–H groups in total. The molecule has 106 valence electrons. The van der Waals surface area contributed by atoms with Crippen molar-refractivity contribution in [2.24, 2.45) is 11.8 Å². The second kappa shape index (κ2) is 6.33. The second-order valence-corrected chi connectivity index (χ2v) is 6.61. The first-order chi connectivity index (χ1) is 8.56. The molecule has 0 spiro atoms. The molecule has 0 radical (unpaired) electrons. The highest BCUT2D eigenvalue weighted by molar-refractivity contribution is 4.82. The van der Waals surface area contributed by atoms with E-state index in [9.17, 15) is 4.39 Å². The summed E-state index contributed by atoms with van der Waals surface area (Å²) < 4.78 is 13.7. The average molecular weight is 256 g/mol. The van der Waals surface area contributed by atoms with Crippen LogP contribution in [0.2, 0.25) is 0 Å². The van der Waals surface area contributed by atoms with E-state index in [-0.39, 0.29) is 5.92 Å². The summed E-state index contributed by atoms with van der Waals surface area (Å²) in [6.45, 7) is 12.0. The van der Waals surface area contributed by atoms with Crippen LogP contribution in [0.4, 0.5) is 4.39 Å². The Morgan fingerprint density at radius 2 is 1.78 bits per heavy atom. The summed E-state index contributed by atoms with van der Waals surface area (Å²) in [4.78, 5) is 4.92. The Kier molecular flexibility index (Phi) is 5.02. The highest BCUT2D eigenvalue weighted by Crippen LogP contribution is 2.24. The van der Waals surface area contributed by atoms with Crippen molar-refractivity contribution in [2.45, 2.75) is 52.2 Å². The van der Waals surface area contributed by atoms with Crippen LogP contribution in [0.15, 0.2) is 0 Å². The minimum Gasteiger partial charge on any atom is -0.301 e. The van der Waals surface area contributed by atoms with Crippen LogP contribution in [0.1, 0.15) is 40.0 Å². The minimum atomic E-state index is -0.602. The number of alkyl halides is 1. The Labute approximate surface area is 112 Å². The molecule has 0 aromatic carbocycles. The SMILES string of the molecule is CC(C)N1CCC(CN2CC[C@H](C)[C@@H](F)C2)CC1. The van der Waals surface area contributed by atoms with Gasteiger partial charge in [0.2, 0.25) is 0 Å². The van der Waals surface area contributed by atoms with E-state index in [4.69, 9.17) is 0 Å². The van der Waals surface area contributed by atoms with Crippen molar-refractivity contribution in [1.82, 2.24) is 9.80 Å². The van der Waals surface area contributed by atoms with E-state index in [0.29, 0.717) is 12.6 Å². The van der Waals surface area contributed by atoms with Gasteiger partial charge in [0, 0.05) is 19.1 Å². The maximum Gasteiger partial charge on any atom is 0.115 e. The van der Waals surface area contributed by atoms with Gasteiger partial charge in [0.25, 0.3) is 0 Å². The van der Waals surface area contributed by atoms with Crippen LogP contribution in [0.5, 0.6) is 0 Å². The van der Waals surface area contributed by atoms with Crippen molar-refractivity contribution >= 4 is 0 Å². The van der Waals surface area contributed by atoms with E-state index in [1.54, 1.807) is 0 Å². The molecule has 2 rings (SSSR count). The van der Waals surface area contributed by atoms with Gasteiger partial charge in [-0.3, -0.25) is 0 Å². The number of halogens is 1. The quantitative estimate of drug-likeness (QED) is 0.766. The maximum atomic E-state index is 13.7. The van der Waals surface area contributed by atoms with Gasteiger partial charge in [0.1, 0.15) is 6.17 Å². The zero-order valence-corrected chi connectivity index (χ0v) is 12.2. The maximum absolute atomic E-state index is 13.7. The van der Waals surface area contributed by atoms with Gasteiger partial charge in [-0.05, 0) is 64.6 Å². The van der Waals surface area contributed by atoms with Gasteiger partial charge in [-0.1, -0.05) is 6.92 Å². The van der Waals surface area contributed by atoms with Crippen molar-refractivity contribution in [1.29, 1.82) is 0 Å². The third kappa shape index (κ3) is 3.67. The lowest BCUT2D eigenvalue weighted by Gasteiger charge is -2.39. The lowest BCUT2D eigenvalue weighted by molar-refractivity contribution is 0.0639. The first-order valence-electron chi connectivity index (χ1n) is 7.66. The van der Waals surface area contributed by atoms with Gasteiger partial charge in [0.05, 0.1) is 0 Å². The Morgan fingerprint density at radius 3 is 2.33 bits per heavy atom. The Bertz CT molecular complexity index is 249. The van der Waals surface area contributed by atoms with Crippen LogP contribution >= 0.6 is 0 Å². The third-order valence-corrected chi connectivity index (χ3v) is 4.85. The van der Waals surface area contributed by atoms with Crippen molar-refractivity contribution in [3.63, 3.8) is 0 Å². The van der Waals surface area contributed by atoms with Crippen molar-refractivity contribution in [2.75, 3.05) is 32.7 Å². The van der Waals surface area contributed by atoms with Crippen LogP contribution in [-0.4, -0.2) is 54.7 Å².